The second-order valence-electron chi connectivity index (χ2n) is 5.64. The van der Waals surface area contributed by atoms with Gasteiger partial charge in [-0.15, -0.1) is 0 Å². The fourth-order valence-corrected chi connectivity index (χ4v) is 3.54. The first-order chi connectivity index (χ1) is 7.24. The smallest absolute Gasteiger partial charge is 0.248 e. The average Bonchev–Trinajstić information content (AvgIpc) is 2.23. The van der Waals surface area contributed by atoms with Gasteiger partial charge >= 0.3 is 0 Å². The fraction of sp³-hybridized carbons (Fsp3) is 1.00. The zero-order chi connectivity index (χ0) is 12.9. The molecule has 0 aromatic rings. The van der Waals surface area contributed by atoms with E-state index in [1.54, 1.807) is 0 Å². The summed E-state index contributed by atoms with van der Waals surface area (Å²) in [5.74, 6) is 2.98. The van der Waals surface area contributed by atoms with Gasteiger partial charge < -0.3 is 4.55 Å². The normalized spacial score (nSPS) is 21.6. The summed E-state index contributed by atoms with van der Waals surface area (Å²) in [4.78, 5) is 0. The van der Waals surface area contributed by atoms with E-state index in [1.165, 1.54) is 6.42 Å². The summed E-state index contributed by atoms with van der Waals surface area (Å²) in [5, 5.41) is 0. The van der Waals surface area contributed by atoms with Gasteiger partial charge in [0, 0.05) is 8.35 Å². The summed E-state index contributed by atoms with van der Waals surface area (Å²) in [5.41, 5.74) is 0.338. The van der Waals surface area contributed by atoms with E-state index in [0.29, 0.717) is 11.3 Å². The lowest BCUT2D eigenvalue weighted by Crippen LogP contribution is -2.33. The van der Waals surface area contributed by atoms with Gasteiger partial charge in [-0.3, -0.25) is 0 Å². The number of rotatable bonds is 7. The molecule has 0 saturated heterocycles. The van der Waals surface area contributed by atoms with E-state index in [4.69, 9.17) is 0 Å². The Morgan fingerprint density at radius 1 is 1.25 bits per heavy atom. The van der Waals surface area contributed by atoms with E-state index in [-0.39, 0.29) is 0 Å². The Morgan fingerprint density at radius 3 is 2.06 bits per heavy atom. The van der Waals surface area contributed by atoms with Crippen molar-refractivity contribution in [3.8, 4) is 0 Å². The fourth-order valence-electron chi connectivity index (χ4n) is 2.25. The lowest BCUT2D eigenvalue weighted by Gasteiger charge is -2.39. The highest BCUT2D eigenvalue weighted by molar-refractivity contribution is 14.2. The van der Waals surface area contributed by atoms with Crippen molar-refractivity contribution >= 4 is 29.6 Å². The number of halogens is 1. The highest BCUT2D eigenvalue weighted by atomic mass is 127. The molecule has 0 radical (unpaired) electrons. The molecule has 0 aromatic heterocycles. The maximum absolute atomic E-state index is 11.2. The van der Waals surface area contributed by atoms with Crippen molar-refractivity contribution in [2.45, 2.75) is 54.4 Å². The van der Waals surface area contributed by atoms with Gasteiger partial charge in [0.2, 0.25) is 21.2 Å². The minimum Gasteiger partial charge on any atom is -0.609 e. The molecule has 0 bridgehead atoms. The minimum atomic E-state index is -0.684. The molecule has 98 valence electrons. The Morgan fingerprint density at radius 2 is 1.75 bits per heavy atom. The first-order valence-corrected chi connectivity index (χ1v) is 10.2. The SMILES string of the molecule is CCC(C)(CC[S+]([O-])I)C(C)[C@H](C)C(C)C. The maximum Gasteiger partial charge on any atom is 0.248 e. The molecule has 0 aliphatic carbocycles. The lowest BCUT2D eigenvalue weighted by molar-refractivity contribution is 0.106. The molecule has 0 fully saturated rings. The molecule has 0 amide bonds. The van der Waals surface area contributed by atoms with Crippen molar-refractivity contribution in [1.82, 2.24) is 0 Å². The van der Waals surface area contributed by atoms with Gasteiger partial charge in [0.1, 0.15) is 5.75 Å². The van der Waals surface area contributed by atoms with Crippen molar-refractivity contribution in [3.05, 3.63) is 0 Å². The number of hydrogen-bond donors (Lipinski definition) is 0. The van der Waals surface area contributed by atoms with Crippen LogP contribution in [0.4, 0.5) is 0 Å². The first-order valence-electron chi connectivity index (χ1n) is 6.29. The monoisotopic (exact) mass is 358 g/mol. The standard InChI is InChI=1S/C13H27IOS/c1-7-13(6,8-9-16(14)15)12(5)11(4)10(2)3/h10-12H,7-9H2,1-6H3/t11-,12?,13?,16?/m1/s1. The van der Waals surface area contributed by atoms with E-state index in [0.717, 1.165) is 24.0 Å². The van der Waals surface area contributed by atoms with Crippen LogP contribution in [0.5, 0.6) is 0 Å². The van der Waals surface area contributed by atoms with Crippen LogP contribution in [0.3, 0.4) is 0 Å². The van der Waals surface area contributed by atoms with Crippen LogP contribution < -0.4 is 0 Å². The summed E-state index contributed by atoms with van der Waals surface area (Å²) >= 11 is 2.03. The molecule has 3 heteroatoms. The van der Waals surface area contributed by atoms with Gasteiger partial charge in [0.15, 0.2) is 0 Å². The summed E-state index contributed by atoms with van der Waals surface area (Å²) < 4.78 is 11.2. The third-order valence-electron chi connectivity index (χ3n) is 4.58. The largest absolute Gasteiger partial charge is 0.609 e. The molecule has 0 saturated carbocycles. The first kappa shape index (κ1) is 17.0. The zero-order valence-electron chi connectivity index (χ0n) is 11.5. The second-order valence-corrected chi connectivity index (χ2v) is 9.58. The van der Waals surface area contributed by atoms with E-state index < -0.39 is 8.35 Å². The Labute approximate surface area is 117 Å². The van der Waals surface area contributed by atoms with Gasteiger partial charge in [-0.1, -0.05) is 48.0 Å². The van der Waals surface area contributed by atoms with E-state index in [2.05, 4.69) is 41.5 Å². The molecule has 0 heterocycles. The molecular weight excluding hydrogens is 331 g/mol. The molecule has 0 aliphatic heterocycles. The average molecular weight is 358 g/mol. The Hall–Kier alpha value is 1.04. The molecule has 4 atom stereocenters. The maximum atomic E-state index is 11.2. The molecule has 16 heavy (non-hydrogen) atoms. The topological polar surface area (TPSA) is 23.1 Å². The molecular formula is C13H27IOS. The molecule has 0 aromatic carbocycles. The Bertz CT molecular complexity index is 196. The predicted molar refractivity (Wildman–Crippen MR) is 83.2 cm³/mol. The van der Waals surface area contributed by atoms with Gasteiger partial charge in [-0.25, -0.2) is 0 Å². The summed E-state index contributed by atoms with van der Waals surface area (Å²) in [6.07, 6.45) is 2.26. The van der Waals surface area contributed by atoms with Crippen LogP contribution in [-0.4, -0.2) is 10.3 Å². The highest BCUT2D eigenvalue weighted by Gasteiger charge is 2.34. The van der Waals surface area contributed by atoms with Gasteiger partial charge in [0.05, 0.1) is 0 Å². The summed E-state index contributed by atoms with van der Waals surface area (Å²) in [6.45, 7) is 13.9. The van der Waals surface area contributed by atoms with Crippen LogP contribution in [0.25, 0.3) is 0 Å². The molecule has 3 unspecified atom stereocenters. The minimum absolute atomic E-state index is 0.338. The lowest BCUT2D eigenvalue weighted by atomic mass is 9.66. The van der Waals surface area contributed by atoms with Crippen LogP contribution in [0.1, 0.15) is 54.4 Å². The van der Waals surface area contributed by atoms with Crippen molar-refractivity contribution in [1.29, 1.82) is 0 Å². The molecule has 1 nitrogen and oxygen atoms in total. The van der Waals surface area contributed by atoms with Crippen LogP contribution in [0.2, 0.25) is 0 Å². The van der Waals surface area contributed by atoms with Crippen LogP contribution in [0, 0.1) is 23.2 Å². The third kappa shape index (κ3) is 5.13. The van der Waals surface area contributed by atoms with Crippen LogP contribution >= 0.6 is 21.2 Å². The van der Waals surface area contributed by atoms with Crippen molar-refractivity contribution in [3.63, 3.8) is 0 Å². The van der Waals surface area contributed by atoms with E-state index in [1.807, 2.05) is 21.2 Å². The molecule has 0 rings (SSSR count). The third-order valence-corrected chi connectivity index (χ3v) is 6.43. The summed E-state index contributed by atoms with van der Waals surface area (Å²) in [6, 6.07) is 0. The Balaban J connectivity index is 4.54. The highest BCUT2D eigenvalue weighted by Crippen LogP contribution is 2.41. The second kappa shape index (κ2) is 7.47. The van der Waals surface area contributed by atoms with Gasteiger partial charge in [-0.2, -0.15) is 0 Å². The molecule has 0 aliphatic rings. The van der Waals surface area contributed by atoms with E-state index >= 15 is 0 Å². The molecule has 0 N–H and O–H groups in total. The van der Waals surface area contributed by atoms with Crippen LogP contribution in [-0.2, 0) is 8.35 Å². The number of hydrogen-bond acceptors (Lipinski definition) is 1. The van der Waals surface area contributed by atoms with Crippen molar-refractivity contribution in [2.75, 3.05) is 5.75 Å². The zero-order valence-corrected chi connectivity index (χ0v) is 14.5. The van der Waals surface area contributed by atoms with Crippen LogP contribution in [0.15, 0.2) is 0 Å². The van der Waals surface area contributed by atoms with Gasteiger partial charge in [-0.05, 0) is 29.6 Å². The van der Waals surface area contributed by atoms with E-state index in [9.17, 15) is 4.55 Å². The predicted octanol–water partition coefficient (Wildman–Crippen LogP) is 4.82. The van der Waals surface area contributed by atoms with Crippen molar-refractivity contribution in [2.24, 2.45) is 23.2 Å². The Kier molecular flexibility index (Phi) is 7.95. The molecule has 0 spiro atoms. The summed E-state index contributed by atoms with van der Waals surface area (Å²) in [7, 11) is -0.684. The quantitative estimate of drug-likeness (QED) is 0.473. The van der Waals surface area contributed by atoms with Crippen molar-refractivity contribution < 1.29 is 4.55 Å². The van der Waals surface area contributed by atoms with Gasteiger partial charge in [0.25, 0.3) is 0 Å².